The van der Waals surface area contributed by atoms with Crippen molar-refractivity contribution in [2.45, 2.75) is 10.8 Å². The number of nitrogens with one attached hydrogen (secondary N) is 1. The van der Waals surface area contributed by atoms with Gasteiger partial charge in [-0.1, -0.05) is 30.3 Å². The van der Waals surface area contributed by atoms with Crippen LogP contribution in [0.4, 0.5) is 5.69 Å². The van der Waals surface area contributed by atoms with Gasteiger partial charge < -0.3 is 4.74 Å². The first kappa shape index (κ1) is 18.6. The van der Waals surface area contributed by atoms with E-state index in [1.165, 1.54) is 18.2 Å². The number of carbonyl (C=O) groups is 1. The van der Waals surface area contributed by atoms with Crippen LogP contribution in [-0.4, -0.2) is 14.4 Å². The van der Waals surface area contributed by atoms with Crippen LogP contribution >= 0.6 is 11.3 Å². The number of carbonyl (C=O) groups excluding carboxylic acids is 1. The van der Waals surface area contributed by atoms with Gasteiger partial charge in [0.1, 0.15) is 10.8 Å². The number of sulfonamides is 1. The number of benzene rings is 2. The number of para-hydroxylation sites is 1. The first-order valence-electron chi connectivity index (χ1n) is 7.81. The van der Waals surface area contributed by atoms with Crippen LogP contribution < -0.4 is 4.72 Å². The lowest BCUT2D eigenvalue weighted by Gasteiger charge is -2.11. The van der Waals surface area contributed by atoms with Crippen LogP contribution in [0.15, 0.2) is 70.3 Å². The minimum absolute atomic E-state index is 0.0105. The van der Waals surface area contributed by atoms with E-state index < -0.39 is 16.0 Å². The number of anilines is 1. The molecule has 0 atom stereocenters. The minimum atomic E-state index is -3.77. The van der Waals surface area contributed by atoms with Crippen molar-refractivity contribution in [2.24, 2.45) is 0 Å². The number of thiophene rings is 1. The summed E-state index contributed by atoms with van der Waals surface area (Å²) in [7, 11) is -3.77. The summed E-state index contributed by atoms with van der Waals surface area (Å²) in [6.07, 6.45) is 0. The molecule has 0 unspecified atom stereocenters. The average Bonchev–Trinajstić information content (AvgIpc) is 3.22. The predicted octanol–water partition coefficient (Wildman–Crippen LogP) is 3.78. The lowest BCUT2D eigenvalue weighted by atomic mass is 10.1. The summed E-state index contributed by atoms with van der Waals surface area (Å²) in [5.74, 6) is -0.649. The van der Waals surface area contributed by atoms with Gasteiger partial charge in [0.25, 0.3) is 10.0 Å². The van der Waals surface area contributed by atoms with Gasteiger partial charge in [0.2, 0.25) is 0 Å². The van der Waals surface area contributed by atoms with E-state index in [-0.39, 0.29) is 22.1 Å². The molecule has 0 radical (unpaired) electrons. The zero-order valence-electron chi connectivity index (χ0n) is 14.0. The van der Waals surface area contributed by atoms with Crippen molar-refractivity contribution in [3.63, 3.8) is 0 Å². The summed E-state index contributed by atoms with van der Waals surface area (Å²) in [6.45, 7) is 0.0105. The third kappa shape index (κ3) is 4.53. The zero-order valence-corrected chi connectivity index (χ0v) is 15.6. The van der Waals surface area contributed by atoms with Gasteiger partial charge in [-0.3, -0.25) is 4.72 Å². The Morgan fingerprint density at radius 3 is 2.48 bits per heavy atom. The standard InChI is InChI=1S/C19H14N2O4S2/c20-12-14-7-9-15(10-8-14)13-25-19(22)16-4-1-2-5-17(16)21-27(23,24)18-6-3-11-26-18/h1-11,21H,13H2. The van der Waals surface area contributed by atoms with Gasteiger partial charge in [-0.05, 0) is 41.3 Å². The summed E-state index contributed by atoms with van der Waals surface area (Å²) >= 11 is 1.08. The Labute approximate surface area is 160 Å². The smallest absolute Gasteiger partial charge is 0.340 e. The molecule has 0 aliphatic rings. The molecule has 6 nitrogen and oxygen atoms in total. The molecule has 0 amide bonds. The number of rotatable bonds is 6. The minimum Gasteiger partial charge on any atom is -0.457 e. The summed E-state index contributed by atoms with van der Waals surface area (Å²) in [5.41, 5.74) is 1.50. The van der Waals surface area contributed by atoms with Gasteiger partial charge in [0.05, 0.1) is 22.9 Å². The molecule has 1 aromatic heterocycles. The topological polar surface area (TPSA) is 96.3 Å². The third-order valence-corrected chi connectivity index (χ3v) is 6.37. The lowest BCUT2D eigenvalue weighted by Crippen LogP contribution is -2.15. The van der Waals surface area contributed by atoms with E-state index in [1.807, 2.05) is 6.07 Å². The maximum atomic E-state index is 12.4. The Hall–Kier alpha value is -3.15. The average molecular weight is 398 g/mol. The summed E-state index contributed by atoms with van der Waals surface area (Å²) < 4.78 is 32.7. The van der Waals surface area contributed by atoms with Crippen molar-refractivity contribution in [1.29, 1.82) is 5.26 Å². The van der Waals surface area contributed by atoms with Gasteiger partial charge in [0, 0.05) is 0 Å². The normalized spacial score (nSPS) is 10.8. The highest BCUT2D eigenvalue weighted by Crippen LogP contribution is 2.23. The Bertz CT molecular complexity index is 1080. The lowest BCUT2D eigenvalue weighted by molar-refractivity contribution is 0.0474. The second-order valence-electron chi connectivity index (χ2n) is 5.47. The Kier molecular flexibility index (Phi) is 5.54. The zero-order chi connectivity index (χ0) is 19.3. The van der Waals surface area contributed by atoms with Crippen LogP contribution in [-0.2, 0) is 21.4 Å². The second-order valence-corrected chi connectivity index (χ2v) is 8.32. The summed E-state index contributed by atoms with van der Waals surface area (Å²) in [6, 6.07) is 18.0. The van der Waals surface area contributed by atoms with Gasteiger partial charge >= 0.3 is 5.97 Å². The highest BCUT2D eigenvalue weighted by Gasteiger charge is 2.20. The van der Waals surface area contributed by atoms with E-state index in [0.717, 1.165) is 16.9 Å². The number of nitrogens with zero attached hydrogens (tertiary/aromatic N) is 1. The molecule has 3 rings (SSSR count). The first-order valence-corrected chi connectivity index (χ1v) is 10.2. The number of nitriles is 1. The third-order valence-electron chi connectivity index (χ3n) is 3.60. The molecule has 27 heavy (non-hydrogen) atoms. The van der Waals surface area contributed by atoms with E-state index in [4.69, 9.17) is 10.00 Å². The Balaban J connectivity index is 1.74. The SMILES string of the molecule is N#Cc1ccc(COC(=O)c2ccccc2NS(=O)(=O)c2cccs2)cc1. The van der Waals surface area contributed by atoms with Crippen molar-refractivity contribution >= 4 is 33.0 Å². The molecule has 0 saturated heterocycles. The maximum absolute atomic E-state index is 12.4. The molecular weight excluding hydrogens is 384 g/mol. The molecule has 0 saturated carbocycles. The van der Waals surface area contributed by atoms with Gasteiger partial charge in [-0.15, -0.1) is 11.3 Å². The molecule has 3 aromatic rings. The van der Waals surface area contributed by atoms with Crippen LogP contribution in [0.1, 0.15) is 21.5 Å². The van der Waals surface area contributed by atoms with Crippen LogP contribution in [0.25, 0.3) is 0 Å². The quantitative estimate of drug-likeness (QED) is 0.638. The van der Waals surface area contributed by atoms with Crippen molar-refractivity contribution in [1.82, 2.24) is 0 Å². The van der Waals surface area contributed by atoms with E-state index >= 15 is 0 Å². The number of esters is 1. The fourth-order valence-electron chi connectivity index (χ4n) is 2.26. The van der Waals surface area contributed by atoms with Gasteiger partial charge in [0.15, 0.2) is 0 Å². The highest BCUT2D eigenvalue weighted by atomic mass is 32.2. The van der Waals surface area contributed by atoms with Gasteiger partial charge in [-0.25, -0.2) is 13.2 Å². The second kappa shape index (κ2) is 8.03. The van der Waals surface area contributed by atoms with Crippen LogP contribution in [0, 0.1) is 11.3 Å². The Morgan fingerprint density at radius 1 is 1.07 bits per heavy atom. The largest absolute Gasteiger partial charge is 0.457 e. The fraction of sp³-hybridized carbons (Fsp3) is 0.0526. The molecule has 0 fully saturated rings. The number of hydrogen-bond donors (Lipinski definition) is 1. The fourth-order valence-corrected chi connectivity index (χ4v) is 4.34. The van der Waals surface area contributed by atoms with Crippen LogP contribution in [0.2, 0.25) is 0 Å². The molecule has 136 valence electrons. The monoisotopic (exact) mass is 398 g/mol. The molecule has 8 heteroatoms. The Morgan fingerprint density at radius 2 is 1.81 bits per heavy atom. The molecule has 0 aliphatic heterocycles. The summed E-state index contributed by atoms with van der Waals surface area (Å²) in [4.78, 5) is 12.4. The van der Waals surface area contributed by atoms with Crippen molar-refractivity contribution in [3.05, 3.63) is 82.7 Å². The molecular formula is C19H14N2O4S2. The predicted molar refractivity (Wildman–Crippen MR) is 102 cm³/mol. The van der Waals surface area contributed by atoms with Crippen molar-refractivity contribution in [2.75, 3.05) is 4.72 Å². The highest BCUT2D eigenvalue weighted by molar-refractivity contribution is 7.94. The summed E-state index contributed by atoms with van der Waals surface area (Å²) in [5, 5.41) is 10.5. The van der Waals surface area contributed by atoms with E-state index in [1.54, 1.807) is 47.8 Å². The van der Waals surface area contributed by atoms with E-state index in [2.05, 4.69) is 4.72 Å². The van der Waals surface area contributed by atoms with E-state index in [9.17, 15) is 13.2 Å². The molecule has 1 heterocycles. The number of ether oxygens (including phenoxy) is 1. The maximum Gasteiger partial charge on any atom is 0.340 e. The van der Waals surface area contributed by atoms with Crippen molar-refractivity contribution in [3.8, 4) is 6.07 Å². The number of hydrogen-bond acceptors (Lipinski definition) is 6. The first-order chi connectivity index (χ1) is 13.0. The molecule has 0 spiro atoms. The van der Waals surface area contributed by atoms with Crippen molar-refractivity contribution < 1.29 is 17.9 Å². The molecule has 1 N–H and O–H groups in total. The van der Waals surface area contributed by atoms with E-state index in [0.29, 0.717) is 5.56 Å². The molecule has 2 aromatic carbocycles. The van der Waals surface area contributed by atoms with Crippen LogP contribution in [0.3, 0.4) is 0 Å². The molecule has 0 bridgehead atoms. The molecule has 0 aliphatic carbocycles. The van der Waals surface area contributed by atoms with Crippen LogP contribution in [0.5, 0.6) is 0 Å². The van der Waals surface area contributed by atoms with Gasteiger partial charge in [-0.2, -0.15) is 5.26 Å².